The first-order chi connectivity index (χ1) is 11.1. The van der Waals surface area contributed by atoms with Crippen LogP contribution in [-0.2, 0) is 14.3 Å². The Morgan fingerprint density at radius 1 is 1.30 bits per heavy atom. The Morgan fingerprint density at radius 3 is 2.57 bits per heavy atom. The maximum atomic E-state index is 11.8. The largest absolute Gasteiger partial charge is 0.462 e. The van der Waals surface area contributed by atoms with Crippen LogP contribution in [0.4, 0.5) is 5.69 Å². The van der Waals surface area contributed by atoms with Crippen LogP contribution in [0.2, 0.25) is 0 Å². The molecule has 122 valence electrons. The van der Waals surface area contributed by atoms with Gasteiger partial charge < -0.3 is 20.1 Å². The Hall–Kier alpha value is -2.85. The van der Waals surface area contributed by atoms with Crippen molar-refractivity contribution >= 4 is 17.6 Å². The van der Waals surface area contributed by atoms with Crippen LogP contribution >= 0.6 is 0 Å². The van der Waals surface area contributed by atoms with Crippen LogP contribution in [0.5, 0.6) is 0 Å². The summed E-state index contributed by atoms with van der Waals surface area (Å²) >= 11 is 0. The summed E-state index contributed by atoms with van der Waals surface area (Å²) in [6, 6.07) is 8.37. The van der Waals surface area contributed by atoms with Gasteiger partial charge in [-0.05, 0) is 31.2 Å². The second-order valence-electron chi connectivity index (χ2n) is 4.36. The van der Waals surface area contributed by atoms with Gasteiger partial charge in [-0.2, -0.15) is 5.26 Å². The molecule has 0 atom stereocenters. The van der Waals surface area contributed by atoms with Gasteiger partial charge in [0, 0.05) is 31.1 Å². The van der Waals surface area contributed by atoms with E-state index >= 15 is 0 Å². The molecule has 0 aromatic heterocycles. The highest BCUT2D eigenvalue weighted by molar-refractivity contribution is 5.95. The molecule has 1 aromatic rings. The number of carbonyl (C=O) groups is 2. The molecule has 1 amide bonds. The van der Waals surface area contributed by atoms with Crippen LogP contribution < -0.4 is 10.6 Å². The van der Waals surface area contributed by atoms with Crippen molar-refractivity contribution in [2.24, 2.45) is 0 Å². The Balaban J connectivity index is 2.65. The van der Waals surface area contributed by atoms with E-state index in [9.17, 15) is 9.59 Å². The van der Waals surface area contributed by atoms with E-state index in [1.807, 2.05) is 0 Å². The van der Waals surface area contributed by atoms with Crippen LogP contribution in [-0.4, -0.2) is 38.7 Å². The summed E-state index contributed by atoms with van der Waals surface area (Å²) in [5.74, 6) is -0.884. The molecule has 0 aliphatic carbocycles. The van der Waals surface area contributed by atoms with E-state index in [-0.39, 0.29) is 18.1 Å². The molecule has 0 saturated heterocycles. The summed E-state index contributed by atoms with van der Waals surface area (Å²) in [7, 11) is 1.56. The summed E-state index contributed by atoms with van der Waals surface area (Å²) in [4.78, 5) is 23.2. The Labute approximate surface area is 134 Å². The van der Waals surface area contributed by atoms with Crippen molar-refractivity contribution in [1.82, 2.24) is 5.32 Å². The number of esters is 1. The van der Waals surface area contributed by atoms with Crippen molar-refractivity contribution in [3.8, 4) is 6.07 Å². The van der Waals surface area contributed by atoms with Gasteiger partial charge in [-0.25, -0.2) is 4.79 Å². The Morgan fingerprint density at radius 2 is 2.00 bits per heavy atom. The zero-order valence-corrected chi connectivity index (χ0v) is 13.1. The number of rotatable bonds is 8. The Bertz CT molecular complexity index is 603. The topological polar surface area (TPSA) is 100 Å². The molecule has 0 spiro atoms. The summed E-state index contributed by atoms with van der Waals surface area (Å²) in [5, 5.41) is 14.4. The smallest absolute Gasteiger partial charge is 0.350 e. The first kappa shape index (κ1) is 18.2. The van der Waals surface area contributed by atoms with Crippen molar-refractivity contribution in [2.45, 2.75) is 6.92 Å². The predicted octanol–water partition coefficient (Wildman–Crippen LogP) is 1.45. The zero-order valence-electron chi connectivity index (χ0n) is 13.1. The standard InChI is InChI=1S/C16H19N3O4/c1-3-23-16(21)13(10-17)11-19-14-6-4-12(5-7-14)15(20)18-8-9-22-2/h4-7,11,19H,3,8-9H2,1-2H3,(H,18,20)/b13-11-. The molecule has 0 aliphatic heterocycles. The van der Waals surface area contributed by atoms with Gasteiger partial charge in [0.2, 0.25) is 0 Å². The van der Waals surface area contributed by atoms with Crippen LogP contribution in [0.3, 0.4) is 0 Å². The molecular weight excluding hydrogens is 298 g/mol. The average Bonchev–Trinajstić information content (AvgIpc) is 2.56. The fourth-order valence-corrected chi connectivity index (χ4v) is 1.59. The van der Waals surface area contributed by atoms with E-state index in [4.69, 9.17) is 14.7 Å². The summed E-state index contributed by atoms with van der Waals surface area (Å²) < 4.78 is 9.60. The molecule has 0 bridgehead atoms. The predicted molar refractivity (Wildman–Crippen MR) is 84.6 cm³/mol. The SMILES string of the molecule is CCOC(=O)/C(C#N)=C\Nc1ccc(C(=O)NCCOC)cc1. The van der Waals surface area contributed by atoms with Gasteiger partial charge in [0.25, 0.3) is 5.91 Å². The van der Waals surface area contributed by atoms with Gasteiger partial charge in [0.1, 0.15) is 6.07 Å². The van der Waals surface area contributed by atoms with E-state index < -0.39 is 5.97 Å². The molecule has 1 aromatic carbocycles. The number of anilines is 1. The minimum absolute atomic E-state index is 0.131. The molecule has 0 heterocycles. The lowest BCUT2D eigenvalue weighted by molar-refractivity contribution is -0.138. The number of nitriles is 1. The molecular formula is C16H19N3O4. The van der Waals surface area contributed by atoms with Crippen molar-refractivity contribution < 1.29 is 19.1 Å². The highest BCUT2D eigenvalue weighted by Crippen LogP contribution is 2.10. The molecule has 0 unspecified atom stereocenters. The van der Waals surface area contributed by atoms with Gasteiger partial charge in [0.15, 0.2) is 5.57 Å². The lowest BCUT2D eigenvalue weighted by Crippen LogP contribution is -2.26. The van der Waals surface area contributed by atoms with Gasteiger partial charge in [-0.1, -0.05) is 0 Å². The summed E-state index contributed by atoms with van der Waals surface area (Å²) in [5.41, 5.74) is 1.00. The third kappa shape index (κ3) is 6.20. The quantitative estimate of drug-likeness (QED) is 0.326. The van der Waals surface area contributed by atoms with Crippen molar-refractivity contribution in [3.05, 3.63) is 41.6 Å². The monoisotopic (exact) mass is 317 g/mol. The second-order valence-corrected chi connectivity index (χ2v) is 4.36. The van der Waals surface area contributed by atoms with Gasteiger partial charge in [0.05, 0.1) is 13.2 Å². The third-order valence-corrected chi connectivity index (χ3v) is 2.74. The van der Waals surface area contributed by atoms with E-state index in [1.165, 1.54) is 6.20 Å². The highest BCUT2D eigenvalue weighted by Gasteiger charge is 2.09. The number of hydrogen-bond donors (Lipinski definition) is 2. The van der Waals surface area contributed by atoms with Crippen LogP contribution in [0.25, 0.3) is 0 Å². The molecule has 0 radical (unpaired) electrons. The number of amides is 1. The van der Waals surface area contributed by atoms with Crippen LogP contribution in [0.15, 0.2) is 36.0 Å². The van der Waals surface area contributed by atoms with E-state index in [2.05, 4.69) is 10.6 Å². The summed E-state index contributed by atoms with van der Waals surface area (Å²) in [6.45, 7) is 2.74. The maximum absolute atomic E-state index is 11.8. The molecule has 0 fully saturated rings. The fourth-order valence-electron chi connectivity index (χ4n) is 1.59. The molecule has 2 N–H and O–H groups in total. The van der Waals surface area contributed by atoms with Crippen molar-refractivity contribution in [1.29, 1.82) is 5.26 Å². The average molecular weight is 317 g/mol. The van der Waals surface area contributed by atoms with E-state index in [1.54, 1.807) is 44.4 Å². The zero-order chi connectivity index (χ0) is 17.1. The first-order valence-corrected chi connectivity index (χ1v) is 7.03. The first-order valence-electron chi connectivity index (χ1n) is 7.03. The third-order valence-electron chi connectivity index (χ3n) is 2.74. The summed E-state index contributed by atoms with van der Waals surface area (Å²) in [6.07, 6.45) is 1.27. The van der Waals surface area contributed by atoms with Crippen LogP contribution in [0, 0.1) is 11.3 Å². The maximum Gasteiger partial charge on any atom is 0.350 e. The van der Waals surface area contributed by atoms with Crippen molar-refractivity contribution in [2.75, 3.05) is 32.2 Å². The van der Waals surface area contributed by atoms with E-state index in [0.717, 1.165) is 0 Å². The minimum atomic E-state index is -0.684. The van der Waals surface area contributed by atoms with Gasteiger partial charge in [-0.3, -0.25) is 4.79 Å². The molecule has 7 nitrogen and oxygen atoms in total. The van der Waals surface area contributed by atoms with Crippen molar-refractivity contribution in [3.63, 3.8) is 0 Å². The molecule has 0 saturated carbocycles. The lowest BCUT2D eigenvalue weighted by Gasteiger charge is -2.06. The number of methoxy groups -OCH3 is 1. The van der Waals surface area contributed by atoms with Gasteiger partial charge in [-0.15, -0.1) is 0 Å². The number of carbonyl (C=O) groups excluding carboxylic acids is 2. The van der Waals surface area contributed by atoms with E-state index in [0.29, 0.717) is 24.4 Å². The van der Waals surface area contributed by atoms with Crippen LogP contribution in [0.1, 0.15) is 17.3 Å². The molecule has 23 heavy (non-hydrogen) atoms. The number of nitrogens with zero attached hydrogens (tertiary/aromatic N) is 1. The number of nitrogens with one attached hydrogen (secondary N) is 2. The second kappa shape index (κ2) is 9.97. The Kier molecular flexibility index (Phi) is 7.89. The number of ether oxygens (including phenoxy) is 2. The highest BCUT2D eigenvalue weighted by atomic mass is 16.5. The fraction of sp³-hybridized carbons (Fsp3) is 0.312. The number of hydrogen-bond acceptors (Lipinski definition) is 6. The molecule has 0 aliphatic rings. The normalized spacial score (nSPS) is 10.6. The minimum Gasteiger partial charge on any atom is -0.462 e. The molecule has 1 rings (SSSR count). The molecule has 7 heteroatoms. The van der Waals surface area contributed by atoms with Gasteiger partial charge >= 0.3 is 5.97 Å². The number of benzene rings is 1. The lowest BCUT2D eigenvalue weighted by atomic mass is 10.2.